The summed E-state index contributed by atoms with van der Waals surface area (Å²) in [4.78, 5) is 12.0. The molecule has 0 aromatic carbocycles. The van der Waals surface area contributed by atoms with Crippen LogP contribution in [0, 0.1) is 12.3 Å². The molecule has 0 aromatic heterocycles. The molecule has 3 nitrogen and oxygen atoms in total. The summed E-state index contributed by atoms with van der Waals surface area (Å²) in [7, 11) is 0. The highest BCUT2D eigenvalue weighted by molar-refractivity contribution is 5.86. The minimum Gasteiger partial charge on any atom is -0.354 e. The highest BCUT2D eigenvalue weighted by Gasteiger charge is 2.38. The fraction of sp³-hybridized carbons (Fsp3) is 0.769. The van der Waals surface area contributed by atoms with Crippen molar-refractivity contribution in [2.45, 2.75) is 51.0 Å². The average molecular weight is 222 g/mol. The molecule has 2 N–H and O–H groups in total. The van der Waals surface area contributed by atoms with Gasteiger partial charge in [-0.3, -0.25) is 4.79 Å². The van der Waals surface area contributed by atoms with Crippen LogP contribution in [0.15, 0.2) is 0 Å². The van der Waals surface area contributed by atoms with E-state index in [2.05, 4.69) is 23.5 Å². The Bertz CT molecular complexity index is 262. The summed E-state index contributed by atoms with van der Waals surface area (Å²) in [5, 5.41) is 6.33. The van der Waals surface area contributed by atoms with Crippen molar-refractivity contribution in [1.82, 2.24) is 10.6 Å². The van der Waals surface area contributed by atoms with E-state index in [4.69, 9.17) is 6.42 Å². The largest absolute Gasteiger partial charge is 0.354 e. The highest BCUT2D eigenvalue weighted by atomic mass is 16.2. The first kappa shape index (κ1) is 13.1. The zero-order valence-electron chi connectivity index (χ0n) is 10.1. The number of hydrogen-bond donors (Lipinski definition) is 2. The molecule has 0 saturated carbocycles. The standard InChI is InChI=1S/C13H22N2O/c1-3-5-6-7-10-14-12(16)13(4-2)9-8-11-15-13/h1,15H,4-11H2,2H3,(H,14,16). The topological polar surface area (TPSA) is 41.1 Å². The van der Waals surface area contributed by atoms with E-state index in [-0.39, 0.29) is 11.4 Å². The van der Waals surface area contributed by atoms with Gasteiger partial charge in [0.05, 0.1) is 5.54 Å². The molecule has 1 saturated heterocycles. The molecule has 3 heteroatoms. The summed E-state index contributed by atoms with van der Waals surface area (Å²) in [6.07, 6.45) is 10.8. The summed E-state index contributed by atoms with van der Waals surface area (Å²) < 4.78 is 0. The van der Waals surface area contributed by atoms with E-state index in [0.29, 0.717) is 0 Å². The number of unbranched alkanes of at least 4 members (excludes halogenated alkanes) is 2. The van der Waals surface area contributed by atoms with E-state index in [1.54, 1.807) is 0 Å². The molecule has 0 bridgehead atoms. The maximum Gasteiger partial charge on any atom is 0.240 e. The lowest BCUT2D eigenvalue weighted by atomic mass is 9.93. The molecule has 1 unspecified atom stereocenters. The maximum atomic E-state index is 12.0. The van der Waals surface area contributed by atoms with Crippen molar-refractivity contribution in [3.63, 3.8) is 0 Å². The van der Waals surface area contributed by atoms with Crippen molar-refractivity contribution in [3.8, 4) is 12.3 Å². The fourth-order valence-corrected chi connectivity index (χ4v) is 2.19. The molecular weight excluding hydrogens is 200 g/mol. The minimum atomic E-state index is -0.299. The number of amides is 1. The van der Waals surface area contributed by atoms with Crippen molar-refractivity contribution in [1.29, 1.82) is 0 Å². The fourth-order valence-electron chi connectivity index (χ4n) is 2.19. The van der Waals surface area contributed by atoms with E-state index >= 15 is 0 Å². The van der Waals surface area contributed by atoms with E-state index < -0.39 is 0 Å². The Morgan fingerprint density at radius 2 is 2.38 bits per heavy atom. The molecule has 0 aromatic rings. The molecule has 1 fully saturated rings. The molecule has 1 aliphatic rings. The van der Waals surface area contributed by atoms with Gasteiger partial charge in [0.2, 0.25) is 5.91 Å². The summed E-state index contributed by atoms with van der Waals surface area (Å²) >= 11 is 0. The van der Waals surface area contributed by atoms with Crippen LogP contribution < -0.4 is 10.6 Å². The van der Waals surface area contributed by atoms with Gasteiger partial charge in [0.15, 0.2) is 0 Å². The lowest BCUT2D eigenvalue weighted by Gasteiger charge is -2.26. The first-order valence-corrected chi connectivity index (χ1v) is 6.22. The van der Waals surface area contributed by atoms with Gasteiger partial charge < -0.3 is 10.6 Å². The third-order valence-corrected chi connectivity index (χ3v) is 3.32. The van der Waals surface area contributed by atoms with Crippen molar-refractivity contribution in [3.05, 3.63) is 0 Å². The van der Waals surface area contributed by atoms with Gasteiger partial charge in [0.1, 0.15) is 0 Å². The summed E-state index contributed by atoms with van der Waals surface area (Å²) in [6.45, 7) is 3.76. The second-order valence-electron chi connectivity index (χ2n) is 4.38. The van der Waals surface area contributed by atoms with Gasteiger partial charge >= 0.3 is 0 Å². The van der Waals surface area contributed by atoms with E-state index in [0.717, 1.165) is 51.6 Å². The predicted molar refractivity (Wildman–Crippen MR) is 66.0 cm³/mol. The van der Waals surface area contributed by atoms with E-state index in [9.17, 15) is 4.79 Å². The molecule has 1 atom stereocenters. The van der Waals surface area contributed by atoms with Gasteiger partial charge in [-0.1, -0.05) is 6.92 Å². The van der Waals surface area contributed by atoms with Gasteiger partial charge in [0, 0.05) is 13.0 Å². The summed E-state index contributed by atoms with van der Waals surface area (Å²) in [5.74, 6) is 2.76. The van der Waals surface area contributed by atoms with Crippen LogP contribution in [0.3, 0.4) is 0 Å². The molecule has 0 aliphatic carbocycles. The van der Waals surface area contributed by atoms with E-state index in [1.165, 1.54) is 0 Å². The lowest BCUT2D eigenvalue weighted by molar-refractivity contribution is -0.127. The van der Waals surface area contributed by atoms with Crippen LogP contribution in [0.2, 0.25) is 0 Å². The Morgan fingerprint density at radius 1 is 1.56 bits per heavy atom. The lowest BCUT2D eigenvalue weighted by Crippen LogP contribution is -2.53. The van der Waals surface area contributed by atoms with Crippen molar-refractivity contribution in [2.75, 3.05) is 13.1 Å². The number of nitrogens with one attached hydrogen (secondary N) is 2. The Balaban J connectivity index is 2.26. The molecule has 1 aliphatic heterocycles. The zero-order valence-corrected chi connectivity index (χ0v) is 10.1. The molecule has 16 heavy (non-hydrogen) atoms. The number of terminal acetylenes is 1. The van der Waals surface area contributed by atoms with Crippen LogP contribution in [0.1, 0.15) is 45.4 Å². The molecule has 0 radical (unpaired) electrons. The third-order valence-electron chi connectivity index (χ3n) is 3.32. The highest BCUT2D eigenvalue weighted by Crippen LogP contribution is 2.22. The molecule has 1 rings (SSSR count). The van der Waals surface area contributed by atoms with Gasteiger partial charge in [-0.2, -0.15) is 0 Å². The van der Waals surface area contributed by atoms with Gasteiger partial charge in [-0.25, -0.2) is 0 Å². The average Bonchev–Trinajstić information content (AvgIpc) is 2.78. The summed E-state index contributed by atoms with van der Waals surface area (Å²) in [6, 6.07) is 0. The number of rotatable bonds is 6. The van der Waals surface area contributed by atoms with Gasteiger partial charge in [-0.15, -0.1) is 12.3 Å². The third kappa shape index (κ3) is 3.24. The van der Waals surface area contributed by atoms with E-state index in [1.807, 2.05) is 0 Å². The number of carbonyl (C=O) groups excluding carboxylic acids is 1. The molecule has 1 amide bonds. The minimum absolute atomic E-state index is 0.160. The Morgan fingerprint density at radius 3 is 2.94 bits per heavy atom. The van der Waals surface area contributed by atoms with Crippen LogP contribution in [0.25, 0.3) is 0 Å². The van der Waals surface area contributed by atoms with Crippen LogP contribution in [0.5, 0.6) is 0 Å². The van der Waals surface area contributed by atoms with Crippen molar-refractivity contribution >= 4 is 5.91 Å². The van der Waals surface area contributed by atoms with Crippen molar-refractivity contribution < 1.29 is 4.79 Å². The zero-order chi connectivity index (χ0) is 11.9. The molecule has 90 valence electrons. The Hall–Kier alpha value is -1.01. The Labute approximate surface area is 98.4 Å². The Kier molecular flexibility index (Phi) is 5.34. The number of carbonyl (C=O) groups is 1. The van der Waals surface area contributed by atoms with Crippen LogP contribution in [0.4, 0.5) is 0 Å². The quantitative estimate of drug-likeness (QED) is 0.527. The predicted octanol–water partition coefficient (Wildman–Crippen LogP) is 1.44. The van der Waals surface area contributed by atoms with Gasteiger partial charge in [0.25, 0.3) is 0 Å². The normalized spacial score (nSPS) is 24.0. The van der Waals surface area contributed by atoms with Crippen LogP contribution >= 0.6 is 0 Å². The van der Waals surface area contributed by atoms with Gasteiger partial charge in [-0.05, 0) is 38.6 Å². The monoisotopic (exact) mass is 222 g/mol. The van der Waals surface area contributed by atoms with Crippen LogP contribution in [-0.4, -0.2) is 24.5 Å². The van der Waals surface area contributed by atoms with Crippen molar-refractivity contribution in [2.24, 2.45) is 0 Å². The summed E-state index contributed by atoms with van der Waals surface area (Å²) in [5.41, 5.74) is -0.299. The molecule has 0 spiro atoms. The first-order chi connectivity index (χ1) is 7.75. The molecular formula is C13H22N2O. The first-order valence-electron chi connectivity index (χ1n) is 6.22. The maximum absolute atomic E-state index is 12.0. The molecule has 1 heterocycles. The SMILES string of the molecule is C#CCCCCNC(=O)C1(CC)CCCN1. The van der Waals surface area contributed by atoms with Crippen LogP contribution in [-0.2, 0) is 4.79 Å². The number of hydrogen-bond acceptors (Lipinski definition) is 2. The second kappa shape index (κ2) is 6.55. The second-order valence-corrected chi connectivity index (χ2v) is 4.38. The smallest absolute Gasteiger partial charge is 0.240 e.